The standard InChI is InChI=1S/C25H28N4O3/c1-2-24(30)29-14-6-7-19(16-29)17-31-23-15-25(26,28-18-27-23)20-10-12-22(13-11-20)32-21-8-4-3-5-9-21/h2-5,8-13,15,18-19H,1,6-7,14,16-17,26H2,(H,27,28). The quantitative estimate of drug-likeness (QED) is 0.654. The summed E-state index contributed by atoms with van der Waals surface area (Å²) in [6, 6.07) is 17.2. The summed E-state index contributed by atoms with van der Waals surface area (Å²) in [5, 5.41) is 3.10. The number of ether oxygens (including phenoxy) is 2. The number of nitrogens with one attached hydrogen (secondary N) is 1. The molecule has 0 radical (unpaired) electrons. The SMILES string of the molecule is C=CC(=O)N1CCCC(COC2=CC(N)(c3ccc(Oc4ccccc4)cc3)NC=N2)C1. The minimum absolute atomic E-state index is 0.0329. The van der Waals surface area contributed by atoms with Gasteiger partial charge in [-0.25, -0.2) is 4.99 Å². The van der Waals surface area contributed by atoms with Gasteiger partial charge in [-0.2, -0.15) is 0 Å². The first kappa shape index (κ1) is 21.6. The molecule has 0 saturated carbocycles. The van der Waals surface area contributed by atoms with Gasteiger partial charge in [0, 0.05) is 25.1 Å². The van der Waals surface area contributed by atoms with Crippen LogP contribution < -0.4 is 15.8 Å². The molecule has 2 atom stereocenters. The third kappa shape index (κ3) is 5.18. The van der Waals surface area contributed by atoms with Gasteiger partial charge >= 0.3 is 0 Å². The van der Waals surface area contributed by atoms with E-state index in [1.165, 1.54) is 6.08 Å². The van der Waals surface area contributed by atoms with E-state index in [1.54, 1.807) is 12.4 Å². The zero-order valence-corrected chi connectivity index (χ0v) is 17.9. The lowest BCUT2D eigenvalue weighted by Gasteiger charge is -2.33. The summed E-state index contributed by atoms with van der Waals surface area (Å²) in [6.07, 6.45) is 6.65. The highest BCUT2D eigenvalue weighted by atomic mass is 16.5. The van der Waals surface area contributed by atoms with Crippen LogP contribution in [-0.4, -0.2) is 36.8 Å². The molecule has 7 heteroatoms. The molecule has 0 spiro atoms. The largest absolute Gasteiger partial charge is 0.477 e. The zero-order chi connectivity index (χ0) is 22.4. The van der Waals surface area contributed by atoms with Crippen molar-refractivity contribution in [2.45, 2.75) is 18.5 Å². The van der Waals surface area contributed by atoms with E-state index in [0.717, 1.165) is 36.4 Å². The first-order valence-electron chi connectivity index (χ1n) is 10.8. The molecule has 2 aliphatic heterocycles. The number of benzene rings is 2. The lowest BCUT2D eigenvalue weighted by atomic mass is 9.98. The molecule has 0 bridgehead atoms. The molecular formula is C25H28N4O3. The van der Waals surface area contributed by atoms with Crippen LogP contribution in [-0.2, 0) is 15.2 Å². The number of carbonyl (C=O) groups excluding carboxylic acids is 1. The maximum Gasteiger partial charge on any atom is 0.245 e. The lowest BCUT2D eigenvalue weighted by Crippen LogP contribution is -2.50. The minimum Gasteiger partial charge on any atom is -0.477 e. The Morgan fingerprint density at radius 2 is 1.97 bits per heavy atom. The van der Waals surface area contributed by atoms with Crippen molar-refractivity contribution in [2.24, 2.45) is 16.6 Å². The average molecular weight is 433 g/mol. The molecule has 166 valence electrons. The molecular weight excluding hydrogens is 404 g/mol. The maximum absolute atomic E-state index is 11.9. The zero-order valence-electron chi connectivity index (χ0n) is 17.9. The molecule has 0 aliphatic carbocycles. The summed E-state index contributed by atoms with van der Waals surface area (Å²) < 4.78 is 11.8. The Bertz CT molecular complexity index is 1000. The number of piperidine rings is 1. The first-order valence-corrected chi connectivity index (χ1v) is 10.8. The van der Waals surface area contributed by atoms with Crippen molar-refractivity contribution < 1.29 is 14.3 Å². The van der Waals surface area contributed by atoms with Gasteiger partial charge in [0.25, 0.3) is 0 Å². The molecule has 3 N–H and O–H groups in total. The van der Waals surface area contributed by atoms with E-state index < -0.39 is 5.66 Å². The van der Waals surface area contributed by atoms with Crippen molar-refractivity contribution in [1.82, 2.24) is 10.2 Å². The van der Waals surface area contributed by atoms with Gasteiger partial charge in [0.1, 0.15) is 17.2 Å². The van der Waals surface area contributed by atoms with Gasteiger partial charge in [0.15, 0.2) is 0 Å². The van der Waals surface area contributed by atoms with Crippen molar-refractivity contribution in [1.29, 1.82) is 0 Å². The van der Waals surface area contributed by atoms with E-state index in [2.05, 4.69) is 16.9 Å². The van der Waals surface area contributed by atoms with E-state index >= 15 is 0 Å². The average Bonchev–Trinajstić information content (AvgIpc) is 2.83. The normalized spacial score (nSPS) is 22.5. The number of carbonyl (C=O) groups is 1. The molecule has 32 heavy (non-hydrogen) atoms. The second-order valence-electron chi connectivity index (χ2n) is 8.00. The molecule has 1 amide bonds. The van der Waals surface area contributed by atoms with Crippen LogP contribution in [0, 0.1) is 5.92 Å². The summed E-state index contributed by atoms with van der Waals surface area (Å²) in [5.74, 6) is 2.18. The molecule has 7 nitrogen and oxygen atoms in total. The van der Waals surface area contributed by atoms with E-state index in [0.29, 0.717) is 19.0 Å². The summed E-state index contributed by atoms with van der Waals surface area (Å²) in [4.78, 5) is 18.0. The van der Waals surface area contributed by atoms with Crippen molar-refractivity contribution in [2.75, 3.05) is 19.7 Å². The van der Waals surface area contributed by atoms with Crippen LogP contribution in [0.5, 0.6) is 11.5 Å². The molecule has 1 fully saturated rings. The second kappa shape index (κ2) is 9.70. The Morgan fingerprint density at radius 1 is 1.22 bits per heavy atom. The third-order valence-corrected chi connectivity index (χ3v) is 5.63. The Morgan fingerprint density at radius 3 is 2.72 bits per heavy atom. The predicted molar refractivity (Wildman–Crippen MR) is 124 cm³/mol. The van der Waals surface area contributed by atoms with E-state index in [4.69, 9.17) is 15.2 Å². The molecule has 0 aromatic heterocycles. The highest BCUT2D eigenvalue weighted by Crippen LogP contribution is 2.27. The highest BCUT2D eigenvalue weighted by Gasteiger charge is 2.28. The van der Waals surface area contributed by atoms with Crippen LogP contribution in [0.4, 0.5) is 0 Å². The van der Waals surface area contributed by atoms with Gasteiger partial charge < -0.3 is 25.4 Å². The van der Waals surface area contributed by atoms with Gasteiger partial charge in [-0.1, -0.05) is 36.9 Å². The summed E-state index contributed by atoms with van der Waals surface area (Å²) >= 11 is 0. The number of likely N-dealkylation sites (tertiary alicyclic amines) is 1. The number of amides is 1. The van der Waals surface area contributed by atoms with Crippen LogP contribution in [0.15, 0.2) is 84.2 Å². The first-order chi connectivity index (χ1) is 15.6. The van der Waals surface area contributed by atoms with Gasteiger partial charge in [-0.3, -0.25) is 4.79 Å². The molecule has 1 saturated heterocycles. The van der Waals surface area contributed by atoms with Gasteiger partial charge in [0.05, 0.1) is 12.9 Å². The lowest BCUT2D eigenvalue weighted by molar-refractivity contribution is -0.128. The predicted octanol–water partition coefficient (Wildman–Crippen LogP) is 3.50. The molecule has 2 aromatic carbocycles. The minimum atomic E-state index is -0.945. The Labute approximate surface area is 188 Å². The fourth-order valence-electron chi connectivity index (χ4n) is 3.88. The Hall–Kier alpha value is -3.58. The number of rotatable bonds is 7. The van der Waals surface area contributed by atoms with Crippen LogP contribution in [0.25, 0.3) is 0 Å². The molecule has 4 rings (SSSR count). The van der Waals surface area contributed by atoms with E-state index in [-0.39, 0.29) is 11.8 Å². The van der Waals surface area contributed by atoms with Gasteiger partial charge in [-0.15, -0.1) is 0 Å². The topological polar surface area (TPSA) is 89.2 Å². The summed E-state index contributed by atoms with van der Waals surface area (Å²) in [6.45, 7) is 5.48. The number of nitrogens with two attached hydrogens (primary N) is 1. The summed E-state index contributed by atoms with van der Waals surface area (Å²) in [7, 11) is 0. The monoisotopic (exact) mass is 432 g/mol. The van der Waals surface area contributed by atoms with Crippen LogP contribution >= 0.6 is 0 Å². The number of hydrogen-bond donors (Lipinski definition) is 2. The molecule has 2 aliphatic rings. The van der Waals surface area contributed by atoms with Crippen LogP contribution in [0.1, 0.15) is 18.4 Å². The van der Waals surface area contributed by atoms with Gasteiger partial charge in [0.2, 0.25) is 11.8 Å². The van der Waals surface area contributed by atoms with Crippen molar-refractivity contribution in [3.63, 3.8) is 0 Å². The maximum atomic E-state index is 11.9. The fourth-order valence-corrected chi connectivity index (χ4v) is 3.88. The number of para-hydroxylation sites is 1. The highest BCUT2D eigenvalue weighted by molar-refractivity contribution is 5.87. The summed E-state index contributed by atoms with van der Waals surface area (Å²) in [5.41, 5.74) is 6.51. The fraction of sp³-hybridized carbons (Fsp3) is 0.280. The Kier molecular flexibility index (Phi) is 6.56. The van der Waals surface area contributed by atoms with Crippen molar-refractivity contribution in [3.8, 4) is 11.5 Å². The molecule has 2 aromatic rings. The number of aliphatic imine (C=N–C) groups is 1. The smallest absolute Gasteiger partial charge is 0.245 e. The number of nitrogens with zero attached hydrogens (tertiary/aromatic N) is 2. The molecule has 2 unspecified atom stereocenters. The Balaban J connectivity index is 1.38. The number of hydrogen-bond acceptors (Lipinski definition) is 6. The third-order valence-electron chi connectivity index (χ3n) is 5.63. The van der Waals surface area contributed by atoms with Crippen molar-refractivity contribution >= 4 is 12.2 Å². The van der Waals surface area contributed by atoms with Crippen molar-refractivity contribution in [3.05, 3.63) is 84.8 Å². The van der Waals surface area contributed by atoms with Gasteiger partial charge in [-0.05, 0) is 48.7 Å². The molecule has 2 heterocycles. The van der Waals surface area contributed by atoms with E-state index in [9.17, 15) is 4.79 Å². The van der Waals surface area contributed by atoms with E-state index in [1.807, 2.05) is 59.5 Å². The second-order valence-corrected chi connectivity index (χ2v) is 8.00. The van der Waals surface area contributed by atoms with Crippen LogP contribution in [0.2, 0.25) is 0 Å². The van der Waals surface area contributed by atoms with Crippen LogP contribution in [0.3, 0.4) is 0 Å².